The van der Waals surface area contributed by atoms with E-state index >= 15 is 0 Å². The predicted octanol–water partition coefficient (Wildman–Crippen LogP) is 5.89. The highest BCUT2D eigenvalue weighted by molar-refractivity contribution is 7.17. The maximum Gasteiger partial charge on any atom is 0.350 e. The van der Waals surface area contributed by atoms with Crippen molar-refractivity contribution in [2.75, 3.05) is 12.0 Å². The number of methoxy groups -OCH3 is 1. The highest BCUT2D eigenvalue weighted by Gasteiger charge is 2.48. The summed E-state index contributed by atoms with van der Waals surface area (Å²) in [6.45, 7) is 3.93. The van der Waals surface area contributed by atoms with Crippen LogP contribution in [-0.2, 0) is 20.9 Å². The molecule has 1 amide bonds. The number of aliphatic hydroxyl groups is 1. The van der Waals surface area contributed by atoms with Gasteiger partial charge in [-0.25, -0.2) is 14.2 Å². The Morgan fingerprint density at radius 2 is 1.76 bits per heavy atom. The van der Waals surface area contributed by atoms with Crippen LogP contribution in [0.15, 0.2) is 78.4 Å². The van der Waals surface area contributed by atoms with E-state index in [1.807, 2.05) is 31.2 Å². The molecule has 0 aliphatic carbocycles. The standard InChI is InChI=1S/C31H25FN2O6S/c1-17-5-4-6-19(15-17)16-40-23-13-9-21(10-14-23)26(35)24-25(20-7-11-22(32)12-8-20)34(29(37)27(24)36)31-33-18(2)28(41-31)30(38)39-3/h4-15,25,35H,16H2,1-3H3. The van der Waals surface area contributed by atoms with E-state index in [9.17, 15) is 23.9 Å². The minimum Gasteiger partial charge on any atom is -0.507 e. The molecule has 5 rings (SSSR count). The molecule has 1 atom stereocenters. The second-order valence-corrected chi connectivity index (χ2v) is 10.4. The summed E-state index contributed by atoms with van der Waals surface area (Å²) >= 11 is 0.885. The fourth-order valence-corrected chi connectivity index (χ4v) is 5.60. The molecule has 0 radical (unpaired) electrons. The summed E-state index contributed by atoms with van der Waals surface area (Å²) in [5.41, 5.74) is 2.90. The maximum absolute atomic E-state index is 13.8. The van der Waals surface area contributed by atoms with E-state index in [-0.39, 0.29) is 21.1 Å². The van der Waals surface area contributed by atoms with Crippen molar-refractivity contribution >= 4 is 39.9 Å². The average molecular weight is 573 g/mol. The molecule has 2 heterocycles. The van der Waals surface area contributed by atoms with E-state index in [1.54, 1.807) is 31.2 Å². The van der Waals surface area contributed by atoms with Crippen LogP contribution in [-0.4, -0.2) is 34.9 Å². The first kappa shape index (κ1) is 27.7. The minimum atomic E-state index is -1.12. The van der Waals surface area contributed by atoms with Gasteiger partial charge in [-0.3, -0.25) is 14.5 Å². The summed E-state index contributed by atoms with van der Waals surface area (Å²) < 4.78 is 24.5. The molecule has 3 aromatic carbocycles. The molecule has 1 aliphatic rings. The van der Waals surface area contributed by atoms with E-state index in [4.69, 9.17) is 9.47 Å². The van der Waals surface area contributed by atoms with Gasteiger partial charge in [-0.05, 0) is 61.4 Å². The summed E-state index contributed by atoms with van der Waals surface area (Å²) in [5.74, 6) is -2.89. The molecule has 1 unspecified atom stereocenters. The fourth-order valence-electron chi connectivity index (χ4n) is 4.59. The van der Waals surface area contributed by atoms with Crippen molar-refractivity contribution in [2.24, 2.45) is 0 Å². The highest BCUT2D eigenvalue weighted by Crippen LogP contribution is 2.44. The topological polar surface area (TPSA) is 106 Å². The van der Waals surface area contributed by atoms with E-state index < -0.39 is 35.3 Å². The van der Waals surface area contributed by atoms with Crippen molar-refractivity contribution in [2.45, 2.75) is 26.5 Å². The number of aromatic nitrogens is 1. The van der Waals surface area contributed by atoms with Gasteiger partial charge >= 0.3 is 11.9 Å². The van der Waals surface area contributed by atoms with Gasteiger partial charge < -0.3 is 14.6 Å². The van der Waals surface area contributed by atoms with E-state index in [0.29, 0.717) is 23.6 Å². The van der Waals surface area contributed by atoms with Crippen LogP contribution >= 0.6 is 11.3 Å². The molecule has 1 aliphatic heterocycles. The number of carbonyl (C=O) groups is 3. The number of ether oxygens (including phenoxy) is 2. The molecule has 8 nitrogen and oxygen atoms in total. The second-order valence-electron chi connectivity index (χ2n) is 9.43. The Bertz CT molecular complexity index is 1680. The largest absolute Gasteiger partial charge is 0.507 e. The lowest BCUT2D eigenvalue weighted by atomic mass is 9.95. The Hall–Kier alpha value is -4.83. The number of ketones is 1. The zero-order chi connectivity index (χ0) is 29.3. The molecule has 1 fully saturated rings. The molecular formula is C31H25FN2O6S. The fraction of sp³-hybridized carbons (Fsp3) is 0.161. The molecule has 1 saturated heterocycles. The molecule has 4 aromatic rings. The Morgan fingerprint density at radius 3 is 2.41 bits per heavy atom. The molecular weight excluding hydrogens is 547 g/mol. The number of hydrogen-bond donors (Lipinski definition) is 1. The summed E-state index contributed by atoms with van der Waals surface area (Å²) in [4.78, 5) is 44.5. The number of halogens is 1. The zero-order valence-electron chi connectivity index (χ0n) is 22.4. The van der Waals surface area contributed by atoms with Crippen LogP contribution < -0.4 is 9.64 Å². The minimum absolute atomic E-state index is 0.0678. The van der Waals surface area contributed by atoms with Gasteiger partial charge in [0.2, 0.25) is 0 Å². The molecule has 1 N–H and O–H groups in total. The van der Waals surface area contributed by atoms with Crippen LogP contribution in [0.1, 0.15) is 43.7 Å². The molecule has 41 heavy (non-hydrogen) atoms. The number of esters is 1. The lowest BCUT2D eigenvalue weighted by Crippen LogP contribution is -2.29. The molecule has 208 valence electrons. The number of Topliss-reactive ketones (excluding diaryl/α,β-unsaturated/α-hetero) is 1. The van der Waals surface area contributed by atoms with Crippen molar-refractivity contribution in [3.63, 3.8) is 0 Å². The van der Waals surface area contributed by atoms with Crippen LogP contribution in [0.3, 0.4) is 0 Å². The maximum atomic E-state index is 13.8. The van der Waals surface area contributed by atoms with Crippen LogP contribution in [0.5, 0.6) is 5.75 Å². The summed E-state index contributed by atoms with van der Waals surface area (Å²) in [6, 6.07) is 18.5. The van der Waals surface area contributed by atoms with Crippen LogP contribution in [0.2, 0.25) is 0 Å². The van der Waals surface area contributed by atoms with Gasteiger partial charge in [-0.15, -0.1) is 0 Å². The lowest BCUT2D eigenvalue weighted by molar-refractivity contribution is -0.132. The van der Waals surface area contributed by atoms with E-state index in [0.717, 1.165) is 27.4 Å². The quantitative estimate of drug-likeness (QED) is 0.127. The van der Waals surface area contributed by atoms with E-state index in [1.165, 1.54) is 31.4 Å². The van der Waals surface area contributed by atoms with Gasteiger partial charge in [0.1, 0.15) is 28.8 Å². The van der Waals surface area contributed by atoms with Gasteiger partial charge in [0.05, 0.1) is 24.4 Å². The number of aryl methyl sites for hydroxylation is 2. The van der Waals surface area contributed by atoms with Crippen molar-refractivity contribution in [3.05, 3.63) is 117 Å². The Morgan fingerprint density at radius 1 is 1.05 bits per heavy atom. The van der Waals surface area contributed by atoms with E-state index in [2.05, 4.69) is 4.98 Å². The van der Waals surface area contributed by atoms with Crippen molar-refractivity contribution < 1.29 is 33.4 Å². The highest BCUT2D eigenvalue weighted by atomic mass is 32.1. The Kier molecular flexibility index (Phi) is 7.67. The van der Waals surface area contributed by atoms with Gasteiger partial charge in [0, 0.05) is 5.56 Å². The zero-order valence-corrected chi connectivity index (χ0v) is 23.2. The summed E-state index contributed by atoms with van der Waals surface area (Å²) in [6.07, 6.45) is 0. The number of thiazole rings is 1. The van der Waals surface area contributed by atoms with Crippen LogP contribution in [0.4, 0.5) is 9.52 Å². The number of amides is 1. The number of nitrogens with zero attached hydrogens (tertiary/aromatic N) is 2. The third-order valence-electron chi connectivity index (χ3n) is 6.61. The normalized spacial score (nSPS) is 16.2. The monoisotopic (exact) mass is 572 g/mol. The molecule has 0 bridgehead atoms. The Balaban J connectivity index is 1.52. The molecule has 0 spiro atoms. The summed E-state index contributed by atoms with van der Waals surface area (Å²) in [7, 11) is 1.23. The van der Waals surface area contributed by atoms with Crippen molar-refractivity contribution in [1.29, 1.82) is 0 Å². The Labute approximate surface area is 239 Å². The van der Waals surface area contributed by atoms with Crippen LogP contribution in [0.25, 0.3) is 5.76 Å². The van der Waals surface area contributed by atoms with Crippen molar-refractivity contribution in [1.82, 2.24) is 4.98 Å². The lowest BCUT2D eigenvalue weighted by Gasteiger charge is -2.23. The number of hydrogen-bond acceptors (Lipinski definition) is 8. The SMILES string of the molecule is COC(=O)c1sc(N2C(=O)C(=O)C(=C(O)c3ccc(OCc4cccc(C)c4)cc3)C2c2ccc(F)cc2)nc1C. The van der Waals surface area contributed by atoms with Crippen molar-refractivity contribution in [3.8, 4) is 5.75 Å². The molecule has 1 aromatic heterocycles. The third-order valence-corrected chi connectivity index (χ3v) is 7.74. The van der Waals surface area contributed by atoms with Gasteiger partial charge in [0.25, 0.3) is 5.78 Å². The molecule has 10 heteroatoms. The number of aliphatic hydroxyl groups excluding tert-OH is 1. The summed E-state index contributed by atoms with van der Waals surface area (Å²) in [5, 5.41) is 11.4. The number of benzene rings is 3. The third kappa shape index (κ3) is 5.46. The van der Waals surface area contributed by atoms with Gasteiger partial charge in [0.15, 0.2) is 5.13 Å². The predicted molar refractivity (Wildman–Crippen MR) is 151 cm³/mol. The first-order valence-electron chi connectivity index (χ1n) is 12.6. The molecule has 0 saturated carbocycles. The second kappa shape index (κ2) is 11.3. The number of anilines is 1. The number of rotatable bonds is 7. The first-order valence-corrected chi connectivity index (χ1v) is 13.4. The number of carbonyl (C=O) groups excluding carboxylic acids is 3. The van der Waals surface area contributed by atoms with Gasteiger partial charge in [-0.2, -0.15) is 0 Å². The smallest absolute Gasteiger partial charge is 0.350 e. The average Bonchev–Trinajstić information content (AvgIpc) is 3.48. The first-order chi connectivity index (χ1) is 19.7. The van der Waals surface area contributed by atoms with Crippen LogP contribution in [0, 0.1) is 19.7 Å². The van der Waals surface area contributed by atoms with Gasteiger partial charge in [-0.1, -0.05) is 53.3 Å².